The molecule has 2 aromatic carbocycles. The quantitative estimate of drug-likeness (QED) is 0.591. The highest BCUT2D eigenvalue weighted by Crippen LogP contribution is 2.30. The topological polar surface area (TPSA) is 63.5 Å². The Bertz CT molecular complexity index is 1030. The summed E-state index contributed by atoms with van der Waals surface area (Å²) >= 11 is 1.44. The zero-order valence-corrected chi connectivity index (χ0v) is 17.4. The molecule has 0 atom stereocenters. The number of aromatic nitrogens is 3. The molecule has 154 valence electrons. The van der Waals surface area contributed by atoms with Crippen LogP contribution in [-0.2, 0) is 16.0 Å². The Labute approximate surface area is 179 Å². The van der Waals surface area contributed by atoms with Gasteiger partial charge < -0.3 is 14.5 Å². The Morgan fingerprint density at radius 3 is 2.57 bits per heavy atom. The molecular formula is C22H23N5O2S. The van der Waals surface area contributed by atoms with E-state index in [1.165, 1.54) is 17.3 Å². The number of carbonyl (C=O) groups is 1. The summed E-state index contributed by atoms with van der Waals surface area (Å²) in [6, 6.07) is 18.2. The second-order valence-electron chi connectivity index (χ2n) is 7.27. The van der Waals surface area contributed by atoms with Gasteiger partial charge in [-0.3, -0.25) is 9.36 Å². The van der Waals surface area contributed by atoms with Crippen LogP contribution in [0.2, 0.25) is 0 Å². The first-order valence-electron chi connectivity index (χ1n) is 10.2. The molecule has 1 fully saturated rings. The van der Waals surface area contributed by atoms with Gasteiger partial charge in [0.15, 0.2) is 5.16 Å². The number of ether oxygens (including phenoxy) is 1. The number of carbonyl (C=O) groups excluding carboxylic acids is 1. The van der Waals surface area contributed by atoms with Crippen LogP contribution in [0.15, 0.2) is 59.8 Å². The van der Waals surface area contributed by atoms with E-state index in [1.807, 2.05) is 58.0 Å². The fourth-order valence-electron chi connectivity index (χ4n) is 3.93. The molecule has 0 radical (unpaired) electrons. The molecular weight excluding hydrogens is 398 g/mol. The second-order valence-corrected chi connectivity index (χ2v) is 8.21. The summed E-state index contributed by atoms with van der Waals surface area (Å²) in [5.41, 5.74) is 3.25. The molecule has 0 bridgehead atoms. The Morgan fingerprint density at radius 1 is 0.967 bits per heavy atom. The molecule has 2 aliphatic rings. The Balaban J connectivity index is 1.38. The van der Waals surface area contributed by atoms with Gasteiger partial charge in [-0.25, -0.2) is 0 Å². The van der Waals surface area contributed by atoms with Gasteiger partial charge in [-0.15, -0.1) is 10.2 Å². The van der Waals surface area contributed by atoms with E-state index in [0.717, 1.165) is 48.5 Å². The van der Waals surface area contributed by atoms with Gasteiger partial charge in [0.25, 0.3) is 0 Å². The zero-order chi connectivity index (χ0) is 20.3. The number of morpholine rings is 1. The van der Waals surface area contributed by atoms with Gasteiger partial charge in [-0.05, 0) is 30.2 Å². The number of nitrogens with zero attached hydrogens (tertiary/aromatic N) is 5. The minimum absolute atomic E-state index is 0.0977. The number of hydrogen-bond acceptors (Lipinski definition) is 6. The SMILES string of the molecule is O=C(CSc1nnc(N2CCOCC2)n1-c1ccccc1)N1CCc2ccccc21. The number of thioether (sulfide) groups is 1. The van der Waals surface area contributed by atoms with Crippen LogP contribution in [-0.4, -0.2) is 59.3 Å². The monoisotopic (exact) mass is 421 g/mol. The molecule has 0 aliphatic carbocycles. The standard InChI is InChI=1S/C22H23N5O2S/c28-20(26-11-10-17-6-4-5-9-19(17)26)16-30-22-24-23-21(25-12-14-29-15-13-25)27(22)18-7-2-1-3-8-18/h1-9H,10-16H2. The highest BCUT2D eigenvalue weighted by Gasteiger charge is 2.26. The average molecular weight is 422 g/mol. The van der Waals surface area contributed by atoms with Crippen molar-refractivity contribution in [3.8, 4) is 5.69 Å². The summed E-state index contributed by atoms with van der Waals surface area (Å²) in [7, 11) is 0. The van der Waals surface area contributed by atoms with E-state index in [4.69, 9.17) is 4.74 Å². The maximum Gasteiger partial charge on any atom is 0.237 e. The summed E-state index contributed by atoms with van der Waals surface area (Å²) in [5, 5.41) is 9.62. The van der Waals surface area contributed by atoms with E-state index in [0.29, 0.717) is 19.0 Å². The molecule has 0 N–H and O–H groups in total. The molecule has 7 nitrogen and oxygen atoms in total. The first kappa shape index (κ1) is 19.1. The summed E-state index contributed by atoms with van der Waals surface area (Å²) in [6.45, 7) is 3.65. The van der Waals surface area contributed by atoms with Crippen LogP contribution >= 0.6 is 11.8 Å². The first-order chi connectivity index (χ1) is 14.8. The van der Waals surface area contributed by atoms with E-state index in [-0.39, 0.29) is 5.91 Å². The average Bonchev–Trinajstić information content (AvgIpc) is 3.43. The first-order valence-corrected chi connectivity index (χ1v) is 11.1. The Hall–Kier alpha value is -2.84. The van der Waals surface area contributed by atoms with Crippen LogP contribution in [0, 0.1) is 0 Å². The largest absolute Gasteiger partial charge is 0.378 e. The molecule has 3 aromatic rings. The van der Waals surface area contributed by atoms with Gasteiger partial charge in [0.2, 0.25) is 11.9 Å². The predicted octanol–water partition coefficient (Wildman–Crippen LogP) is 2.79. The number of fused-ring (bicyclic) bond motifs is 1. The van der Waals surface area contributed by atoms with Crippen molar-refractivity contribution in [1.29, 1.82) is 0 Å². The fourth-order valence-corrected chi connectivity index (χ4v) is 4.75. The fraction of sp³-hybridized carbons (Fsp3) is 0.318. The van der Waals surface area contributed by atoms with Crippen LogP contribution in [0.1, 0.15) is 5.56 Å². The number of para-hydroxylation sites is 2. The third kappa shape index (κ3) is 3.68. The van der Waals surface area contributed by atoms with Crippen molar-refractivity contribution in [2.24, 2.45) is 0 Å². The lowest BCUT2D eigenvalue weighted by atomic mass is 10.2. The lowest BCUT2D eigenvalue weighted by Gasteiger charge is -2.28. The zero-order valence-electron chi connectivity index (χ0n) is 16.6. The Morgan fingerprint density at radius 2 is 1.73 bits per heavy atom. The van der Waals surface area contributed by atoms with Gasteiger partial charge >= 0.3 is 0 Å². The molecule has 3 heterocycles. The molecule has 1 aromatic heterocycles. The van der Waals surface area contributed by atoms with E-state index in [2.05, 4.69) is 21.2 Å². The maximum absolute atomic E-state index is 13.0. The smallest absolute Gasteiger partial charge is 0.237 e. The van der Waals surface area contributed by atoms with Crippen molar-refractivity contribution in [3.05, 3.63) is 60.2 Å². The van der Waals surface area contributed by atoms with Gasteiger partial charge in [0.05, 0.1) is 24.7 Å². The van der Waals surface area contributed by atoms with Crippen LogP contribution in [0.3, 0.4) is 0 Å². The molecule has 0 saturated carbocycles. The Kier molecular flexibility index (Phi) is 5.42. The number of rotatable bonds is 5. The summed E-state index contributed by atoms with van der Waals surface area (Å²) in [6.07, 6.45) is 0.911. The van der Waals surface area contributed by atoms with Crippen molar-refractivity contribution in [2.75, 3.05) is 48.4 Å². The van der Waals surface area contributed by atoms with Crippen LogP contribution in [0.5, 0.6) is 0 Å². The van der Waals surface area contributed by atoms with Crippen molar-refractivity contribution in [3.63, 3.8) is 0 Å². The molecule has 1 amide bonds. The summed E-state index contributed by atoms with van der Waals surface area (Å²) in [5.74, 6) is 1.22. The minimum Gasteiger partial charge on any atom is -0.378 e. The molecule has 2 aliphatic heterocycles. The normalized spacial score (nSPS) is 16.0. The number of anilines is 2. The van der Waals surface area contributed by atoms with Crippen molar-refractivity contribution < 1.29 is 9.53 Å². The lowest BCUT2D eigenvalue weighted by Crippen LogP contribution is -2.37. The molecule has 5 rings (SSSR count). The van der Waals surface area contributed by atoms with Crippen molar-refractivity contribution >= 4 is 29.3 Å². The van der Waals surface area contributed by atoms with Gasteiger partial charge in [0.1, 0.15) is 0 Å². The predicted molar refractivity (Wildman–Crippen MR) is 118 cm³/mol. The lowest BCUT2D eigenvalue weighted by molar-refractivity contribution is -0.116. The summed E-state index contributed by atoms with van der Waals surface area (Å²) in [4.78, 5) is 17.0. The second kappa shape index (κ2) is 8.49. The van der Waals surface area contributed by atoms with Crippen LogP contribution in [0.4, 0.5) is 11.6 Å². The molecule has 30 heavy (non-hydrogen) atoms. The van der Waals surface area contributed by atoms with E-state index < -0.39 is 0 Å². The van der Waals surface area contributed by atoms with Crippen LogP contribution < -0.4 is 9.80 Å². The summed E-state index contributed by atoms with van der Waals surface area (Å²) < 4.78 is 7.53. The van der Waals surface area contributed by atoms with Gasteiger partial charge in [-0.1, -0.05) is 48.2 Å². The van der Waals surface area contributed by atoms with E-state index >= 15 is 0 Å². The van der Waals surface area contributed by atoms with E-state index in [1.54, 1.807) is 0 Å². The molecule has 8 heteroatoms. The minimum atomic E-state index is 0.0977. The molecule has 0 spiro atoms. The van der Waals surface area contributed by atoms with Crippen LogP contribution in [0.25, 0.3) is 5.69 Å². The highest BCUT2D eigenvalue weighted by molar-refractivity contribution is 7.99. The number of benzene rings is 2. The van der Waals surface area contributed by atoms with Gasteiger partial charge in [0, 0.05) is 25.3 Å². The number of amides is 1. The molecule has 0 unspecified atom stereocenters. The number of hydrogen-bond donors (Lipinski definition) is 0. The van der Waals surface area contributed by atoms with Crippen molar-refractivity contribution in [1.82, 2.24) is 14.8 Å². The van der Waals surface area contributed by atoms with Crippen molar-refractivity contribution in [2.45, 2.75) is 11.6 Å². The van der Waals surface area contributed by atoms with E-state index in [9.17, 15) is 4.79 Å². The molecule has 1 saturated heterocycles. The highest BCUT2D eigenvalue weighted by atomic mass is 32.2. The third-order valence-electron chi connectivity index (χ3n) is 5.44. The van der Waals surface area contributed by atoms with Gasteiger partial charge in [-0.2, -0.15) is 0 Å². The maximum atomic E-state index is 13.0. The third-order valence-corrected chi connectivity index (χ3v) is 6.35.